The lowest BCUT2D eigenvalue weighted by Gasteiger charge is -2.22. The van der Waals surface area contributed by atoms with Crippen molar-refractivity contribution in [3.63, 3.8) is 0 Å². The molecule has 2 heterocycles. The van der Waals surface area contributed by atoms with E-state index in [9.17, 15) is 18.9 Å². The molecule has 0 saturated carbocycles. The van der Waals surface area contributed by atoms with Crippen molar-refractivity contribution in [1.29, 1.82) is 0 Å². The van der Waals surface area contributed by atoms with Crippen molar-refractivity contribution in [1.82, 2.24) is 9.88 Å². The van der Waals surface area contributed by atoms with Gasteiger partial charge in [-0.2, -0.15) is 0 Å². The van der Waals surface area contributed by atoms with E-state index in [2.05, 4.69) is 5.32 Å². The maximum atomic E-state index is 13.1. The van der Waals surface area contributed by atoms with E-state index in [0.717, 1.165) is 11.1 Å². The number of rotatable bonds is 8. The Hall–Kier alpha value is -2.43. The highest BCUT2D eigenvalue weighted by molar-refractivity contribution is 7.85. The van der Waals surface area contributed by atoms with Crippen LogP contribution >= 0.6 is 23.2 Å². The van der Waals surface area contributed by atoms with E-state index in [0.29, 0.717) is 57.6 Å². The minimum Gasteiger partial charge on any atom is -0.461 e. The van der Waals surface area contributed by atoms with Crippen LogP contribution in [0.25, 0.3) is 10.9 Å². The third-order valence-electron chi connectivity index (χ3n) is 6.39. The van der Waals surface area contributed by atoms with Crippen LogP contribution in [-0.4, -0.2) is 57.4 Å². The number of carbonyl (C=O) groups is 2. The number of aliphatic hydroxyl groups is 1. The number of nitrogens with one attached hydrogen (secondary N) is 1. The lowest BCUT2D eigenvalue weighted by Crippen LogP contribution is -2.32. The Kier molecular flexibility index (Phi) is 8.92. The maximum Gasteiger partial charge on any atom is 0.319 e. The van der Waals surface area contributed by atoms with Crippen molar-refractivity contribution in [2.45, 2.75) is 36.8 Å². The minimum atomic E-state index is -1.58. The first-order valence-corrected chi connectivity index (χ1v) is 13.9. The molecule has 1 aliphatic heterocycles. The second kappa shape index (κ2) is 12.0. The summed E-state index contributed by atoms with van der Waals surface area (Å²) in [5, 5.41) is 14.3. The van der Waals surface area contributed by atoms with E-state index in [1.165, 1.54) is 0 Å². The molecule has 37 heavy (non-hydrogen) atoms. The zero-order valence-corrected chi connectivity index (χ0v) is 22.8. The number of ether oxygens (including phenoxy) is 2. The first-order chi connectivity index (χ1) is 17.7. The fourth-order valence-corrected chi connectivity index (χ4v) is 5.61. The summed E-state index contributed by atoms with van der Waals surface area (Å²) in [4.78, 5) is 25.7. The number of aromatic nitrogens is 1. The normalized spacial score (nSPS) is 15.9. The Labute approximate surface area is 227 Å². The van der Waals surface area contributed by atoms with Gasteiger partial charge >= 0.3 is 5.97 Å². The summed E-state index contributed by atoms with van der Waals surface area (Å²) in [5.74, 6) is -1.16. The zero-order chi connectivity index (χ0) is 26.7. The standard InChI is InChI=1S/C26H28Cl2N2O6S/c1-15-11-21-19(25(28)24(15)27)12-22(30(21)2)26(33)29-20(13-31)16-3-5-18(6-4-16)37(34)14-23(32)36-17-7-9-35-10-8-17/h3-6,11-12,17,20,31H,7-10,13-14H2,1-2H3,(H,29,33)/t20-,37?/m1/s1. The topological polar surface area (TPSA) is 107 Å². The van der Waals surface area contributed by atoms with Crippen LogP contribution in [0, 0.1) is 6.92 Å². The van der Waals surface area contributed by atoms with Crippen LogP contribution in [0.5, 0.6) is 0 Å². The minimum absolute atomic E-state index is 0.201. The van der Waals surface area contributed by atoms with E-state index in [1.807, 2.05) is 13.0 Å². The highest BCUT2D eigenvalue weighted by Gasteiger charge is 2.22. The molecule has 0 radical (unpaired) electrons. The fourth-order valence-electron chi connectivity index (χ4n) is 4.27. The van der Waals surface area contributed by atoms with Gasteiger partial charge in [-0.25, -0.2) is 0 Å². The van der Waals surface area contributed by atoms with Crippen molar-refractivity contribution in [3.8, 4) is 0 Å². The Morgan fingerprint density at radius 3 is 2.51 bits per heavy atom. The average Bonchev–Trinajstić information content (AvgIpc) is 3.22. The molecule has 8 nitrogen and oxygen atoms in total. The highest BCUT2D eigenvalue weighted by Crippen LogP contribution is 2.35. The van der Waals surface area contributed by atoms with Gasteiger partial charge in [0, 0.05) is 30.2 Å². The van der Waals surface area contributed by atoms with Crippen LogP contribution in [0.3, 0.4) is 0 Å². The number of fused-ring (bicyclic) bond motifs is 1. The van der Waals surface area contributed by atoms with Crippen molar-refractivity contribution in [3.05, 3.63) is 63.3 Å². The van der Waals surface area contributed by atoms with Crippen LogP contribution in [-0.2, 0) is 32.1 Å². The predicted molar refractivity (Wildman–Crippen MR) is 143 cm³/mol. The molecular formula is C26H28Cl2N2O6S. The van der Waals surface area contributed by atoms with Gasteiger partial charge in [0.2, 0.25) is 0 Å². The third-order valence-corrected chi connectivity index (χ3v) is 8.66. The summed E-state index contributed by atoms with van der Waals surface area (Å²) in [6.45, 7) is 2.59. The van der Waals surface area contributed by atoms with Crippen LogP contribution in [0.2, 0.25) is 10.0 Å². The molecule has 0 bridgehead atoms. The van der Waals surface area contributed by atoms with Crippen molar-refractivity contribution < 1.29 is 28.4 Å². The Morgan fingerprint density at radius 2 is 1.86 bits per heavy atom. The molecule has 198 valence electrons. The quantitative estimate of drug-likeness (QED) is 0.398. The number of aryl methyl sites for hydroxylation is 2. The first kappa shape index (κ1) is 27.6. The zero-order valence-electron chi connectivity index (χ0n) is 20.5. The van der Waals surface area contributed by atoms with Crippen LogP contribution in [0.15, 0.2) is 41.3 Å². The Morgan fingerprint density at radius 1 is 1.19 bits per heavy atom. The number of aliphatic hydroxyl groups excluding tert-OH is 1. The van der Waals surface area contributed by atoms with Crippen molar-refractivity contribution >= 4 is 56.8 Å². The molecular weight excluding hydrogens is 539 g/mol. The van der Waals surface area contributed by atoms with Gasteiger partial charge in [-0.15, -0.1) is 0 Å². The Bertz CT molecular complexity index is 1340. The molecule has 2 atom stereocenters. The van der Waals surface area contributed by atoms with E-state index in [1.54, 1.807) is 41.9 Å². The van der Waals surface area contributed by atoms with E-state index in [4.69, 9.17) is 32.7 Å². The molecule has 2 aromatic carbocycles. The second-order valence-corrected chi connectivity index (χ2v) is 11.1. The predicted octanol–water partition coefficient (Wildman–Crippen LogP) is 4.09. The maximum absolute atomic E-state index is 13.1. The number of amides is 1. The van der Waals surface area contributed by atoms with Crippen LogP contribution < -0.4 is 5.32 Å². The Balaban J connectivity index is 1.42. The monoisotopic (exact) mass is 566 g/mol. The molecule has 1 unspecified atom stereocenters. The number of carbonyl (C=O) groups excluding carboxylic acids is 2. The number of hydrogen-bond acceptors (Lipinski definition) is 6. The molecule has 11 heteroatoms. The van der Waals surface area contributed by atoms with Gasteiger partial charge in [0.15, 0.2) is 0 Å². The smallest absolute Gasteiger partial charge is 0.319 e. The van der Waals surface area contributed by atoms with Gasteiger partial charge in [0.1, 0.15) is 17.6 Å². The lowest BCUT2D eigenvalue weighted by molar-refractivity contribution is -0.149. The van der Waals surface area contributed by atoms with Gasteiger partial charge < -0.3 is 24.5 Å². The number of benzene rings is 2. The third kappa shape index (κ3) is 6.18. The SMILES string of the molecule is Cc1cc2c(cc(C(=O)N[C@H](CO)c3ccc(S(=O)CC(=O)OC4CCOCC4)cc3)n2C)c(Cl)c1Cl. The van der Waals surface area contributed by atoms with Gasteiger partial charge in [-0.05, 0) is 42.3 Å². The van der Waals surface area contributed by atoms with Gasteiger partial charge in [-0.3, -0.25) is 13.8 Å². The van der Waals surface area contributed by atoms with Gasteiger partial charge in [0.25, 0.3) is 5.91 Å². The number of halogens is 2. The van der Waals surface area contributed by atoms with E-state index in [-0.39, 0.29) is 18.5 Å². The molecule has 0 spiro atoms. The van der Waals surface area contributed by atoms with Crippen LogP contribution in [0.4, 0.5) is 0 Å². The van der Waals surface area contributed by atoms with Crippen molar-refractivity contribution in [2.75, 3.05) is 25.6 Å². The summed E-state index contributed by atoms with van der Waals surface area (Å²) < 4.78 is 25.0. The lowest BCUT2D eigenvalue weighted by atomic mass is 10.1. The van der Waals surface area contributed by atoms with Gasteiger partial charge in [-0.1, -0.05) is 35.3 Å². The molecule has 0 aliphatic carbocycles. The molecule has 3 aromatic rings. The number of esters is 1. The largest absolute Gasteiger partial charge is 0.461 e. The summed E-state index contributed by atoms with van der Waals surface area (Å²) in [5.41, 5.74) is 2.55. The van der Waals surface area contributed by atoms with E-state index >= 15 is 0 Å². The highest BCUT2D eigenvalue weighted by atomic mass is 35.5. The van der Waals surface area contributed by atoms with Gasteiger partial charge in [0.05, 0.1) is 52.2 Å². The fraction of sp³-hybridized carbons (Fsp3) is 0.385. The molecule has 1 amide bonds. The number of hydrogen-bond donors (Lipinski definition) is 2. The summed E-state index contributed by atoms with van der Waals surface area (Å²) in [6, 6.07) is 9.39. The second-order valence-electron chi connectivity index (χ2n) is 8.91. The molecule has 1 aromatic heterocycles. The first-order valence-electron chi connectivity index (χ1n) is 11.8. The van der Waals surface area contributed by atoms with E-state index < -0.39 is 28.7 Å². The molecule has 1 fully saturated rings. The average molecular weight is 567 g/mol. The summed E-state index contributed by atoms with van der Waals surface area (Å²) in [6.07, 6.45) is 1.08. The molecule has 1 aliphatic rings. The van der Waals surface area contributed by atoms with Crippen molar-refractivity contribution in [2.24, 2.45) is 7.05 Å². The molecule has 2 N–H and O–H groups in total. The van der Waals surface area contributed by atoms with Crippen LogP contribution in [0.1, 0.15) is 40.5 Å². The molecule has 1 saturated heterocycles. The summed E-state index contributed by atoms with van der Waals surface area (Å²) in [7, 11) is 0.174. The molecule has 4 rings (SSSR count). The summed E-state index contributed by atoms with van der Waals surface area (Å²) >= 11 is 12.7. The number of nitrogens with zero attached hydrogens (tertiary/aromatic N) is 1.